The molecule has 2 saturated carbocycles. The number of fused-ring (bicyclic) bond motifs is 2. The molecule has 3 rings (SSSR count). The Balaban J connectivity index is 0.00000121. The van der Waals surface area contributed by atoms with Gasteiger partial charge in [-0.15, -0.1) is 24.8 Å². The van der Waals surface area contributed by atoms with Gasteiger partial charge in [-0.3, -0.25) is 9.48 Å². The first-order valence-electron chi connectivity index (χ1n) is 7.70. The maximum absolute atomic E-state index is 12.4. The summed E-state index contributed by atoms with van der Waals surface area (Å²) in [5, 5.41) is 7.42. The van der Waals surface area contributed by atoms with Gasteiger partial charge in [0.25, 0.3) is 0 Å². The first-order valence-corrected chi connectivity index (χ1v) is 7.70. The molecule has 1 heterocycles. The summed E-state index contributed by atoms with van der Waals surface area (Å²) < 4.78 is 1.71. The van der Waals surface area contributed by atoms with Crippen LogP contribution in [0.2, 0.25) is 0 Å². The monoisotopic (exact) mass is 348 g/mol. The van der Waals surface area contributed by atoms with Gasteiger partial charge in [0.05, 0.1) is 0 Å². The molecule has 5 nitrogen and oxygen atoms in total. The Kier molecular flexibility index (Phi) is 7.16. The number of halogens is 2. The van der Waals surface area contributed by atoms with Gasteiger partial charge in [-0.05, 0) is 50.5 Å². The highest BCUT2D eigenvalue weighted by molar-refractivity contribution is 5.85. The number of carbonyl (C=O) groups excluding carboxylic acids is 1. The van der Waals surface area contributed by atoms with E-state index in [1.54, 1.807) is 10.9 Å². The average molecular weight is 349 g/mol. The molecule has 3 unspecified atom stereocenters. The predicted octanol–water partition coefficient (Wildman–Crippen LogP) is 2.31. The molecule has 3 N–H and O–H groups in total. The molecular weight excluding hydrogens is 323 g/mol. The number of carbonyl (C=O) groups is 1. The van der Waals surface area contributed by atoms with Crippen LogP contribution in [0.25, 0.3) is 0 Å². The molecule has 0 saturated heterocycles. The lowest BCUT2D eigenvalue weighted by Crippen LogP contribution is -2.54. The highest BCUT2D eigenvalue weighted by Gasteiger charge is 2.40. The number of hydrogen-bond donors (Lipinski definition) is 2. The normalized spacial score (nSPS) is 31.4. The zero-order valence-electron chi connectivity index (χ0n) is 12.9. The van der Waals surface area contributed by atoms with Crippen LogP contribution < -0.4 is 11.1 Å². The summed E-state index contributed by atoms with van der Waals surface area (Å²) in [4.78, 5) is 12.4. The molecule has 1 aromatic heterocycles. The van der Waals surface area contributed by atoms with Crippen LogP contribution in [0.5, 0.6) is 0 Å². The van der Waals surface area contributed by atoms with E-state index in [0.717, 1.165) is 12.8 Å². The minimum Gasteiger partial charge on any atom is -0.351 e. The summed E-state index contributed by atoms with van der Waals surface area (Å²) in [5.41, 5.74) is 6.13. The second kappa shape index (κ2) is 8.18. The summed E-state index contributed by atoms with van der Waals surface area (Å²) in [6.45, 7) is 1.90. The lowest BCUT2D eigenvalue weighted by atomic mass is 9.67. The number of nitrogens with two attached hydrogens (primary N) is 1. The molecule has 0 radical (unpaired) electrons. The maximum atomic E-state index is 12.4. The Morgan fingerprint density at radius 2 is 1.95 bits per heavy atom. The van der Waals surface area contributed by atoms with E-state index >= 15 is 0 Å². The van der Waals surface area contributed by atoms with E-state index < -0.39 is 0 Å². The van der Waals surface area contributed by atoms with E-state index in [0.29, 0.717) is 23.9 Å². The molecule has 0 spiro atoms. The lowest BCUT2D eigenvalue weighted by molar-refractivity contribution is -0.126. The Bertz CT molecular complexity index is 454. The van der Waals surface area contributed by atoms with Crippen molar-refractivity contribution >= 4 is 30.7 Å². The van der Waals surface area contributed by atoms with Gasteiger partial charge in [0.2, 0.25) is 5.91 Å². The summed E-state index contributed by atoms with van der Waals surface area (Å²) in [6, 6.07) is 2.23. The van der Waals surface area contributed by atoms with E-state index in [2.05, 4.69) is 10.4 Å². The SMILES string of the molecule is CC(C(=O)NC1C2CCCC1CC(N)C2)n1cccn1.Cl.Cl. The zero-order valence-corrected chi connectivity index (χ0v) is 14.5. The van der Waals surface area contributed by atoms with Crippen molar-refractivity contribution in [2.75, 3.05) is 0 Å². The Labute approximate surface area is 144 Å². The van der Waals surface area contributed by atoms with Crippen LogP contribution in [0.4, 0.5) is 0 Å². The lowest BCUT2D eigenvalue weighted by Gasteiger charge is -2.45. The van der Waals surface area contributed by atoms with Gasteiger partial charge < -0.3 is 11.1 Å². The predicted molar refractivity (Wildman–Crippen MR) is 91.4 cm³/mol. The molecule has 3 atom stereocenters. The van der Waals surface area contributed by atoms with Gasteiger partial charge in [-0.25, -0.2) is 0 Å². The van der Waals surface area contributed by atoms with Crippen LogP contribution in [0.15, 0.2) is 18.5 Å². The third-order valence-corrected chi connectivity index (χ3v) is 4.99. The van der Waals surface area contributed by atoms with E-state index in [4.69, 9.17) is 5.73 Å². The molecule has 2 bridgehead atoms. The standard InChI is InChI=1S/C15H24N4O.2ClH/c1-10(19-7-3-6-17-19)15(20)18-14-11-4-2-5-12(14)9-13(16)8-11;;/h3,6-7,10-14H,2,4-5,8-9,16H2,1H3,(H,18,20);2*1H. The van der Waals surface area contributed by atoms with Crippen molar-refractivity contribution in [3.05, 3.63) is 18.5 Å². The molecular formula is C15H26Cl2N4O. The molecule has 2 fully saturated rings. The molecule has 7 heteroatoms. The van der Waals surface area contributed by atoms with Gasteiger partial charge in [-0.1, -0.05) is 6.42 Å². The maximum Gasteiger partial charge on any atom is 0.244 e. The van der Waals surface area contributed by atoms with Crippen molar-refractivity contribution in [1.82, 2.24) is 15.1 Å². The highest BCUT2D eigenvalue weighted by Crippen LogP contribution is 2.39. The first kappa shape index (κ1) is 19.3. The van der Waals surface area contributed by atoms with Crippen LogP contribution in [-0.4, -0.2) is 27.8 Å². The number of amides is 1. The molecule has 2 aliphatic rings. The van der Waals surface area contributed by atoms with Crippen molar-refractivity contribution in [3.63, 3.8) is 0 Å². The number of hydrogen-bond acceptors (Lipinski definition) is 3. The second-order valence-electron chi connectivity index (χ2n) is 6.38. The van der Waals surface area contributed by atoms with Gasteiger partial charge in [-0.2, -0.15) is 5.10 Å². The van der Waals surface area contributed by atoms with Crippen molar-refractivity contribution in [3.8, 4) is 0 Å². The van der Waals surface area contributed by atoms with Crippen LogP contribution in [-0.2, 0) is 4.79 Å². The Morgan fingerprint density at radius 1 is 1.32 bits per heavy atom. The quantitative estimate of drug-likeness (QED) is 0.880. The summed E-state index contributed by atoms with van der Waals surface area (Å²) in [5.74, 6) is 1.20. The molecule has 0 aromatic carbocycles. The number of nitrogens with one attached hydrogen (secondary N) is 1. The molecule has 22 heavy (non-hydrogen) atoms. The fourth-order valence-corrected chi connectivity index (χ4v) is 3.94. The van der Waals surface area contributed by atoms with Crippen molar-refractivity contribution in [2.45, 2.75) is 57.2 Å². The van der Waals surface area contributed by atoms with Gasteiger partial charge in [0, 0.05) is 24.5 Å². The molecule has 1 aromatic rings. The molecule has 0 aliphatic heterocycles. The minimum absolute atomic E-state index is 0. The van der Waals surface area contributed by atoms with Crippen LogP contribution in [0.3, 0.4) is 0 Å². The van der Waals surface area contributed by atoms with E-state index in [9.17, 15) is 4.79 Å². The molecule has 126 valence electrons. The fraction of sp³-hybridized carbons (Fsp3) is 0.733. The van der Waals surface area contributed by atoms with Crippen LogP contribution in [0.1, 0.15) is 45.1 Å². The Hall–Kier alpha value is -0.780. The number of nitrogens with zero attached hydrogens (tertiary/aromatic N) is 2. The van der Waals surface area contributed by atoms with E-state index in [1.807, 2.05) is 19.2 Å². The zero-order chi connectivity index (χ0) is 14.1. The van der Waals surface area contributed by atoms with E-state index in [1.165, 1.54) is 19.3 Å². The number of rotatable bonds is 3. The summed E-state index contributed by atoms with van der Waals surface area (Å²) >= 11 is 0. The fourth-order valence-electron chi connectivity index (χ4n) is 3.94. The second-order valence-corrected chi connectivity index (χ2v) is 6.38. The Morgan fingerprint density at radius 3 is 2.50 bits per heavy atom. The average Bonchev–Trinajstić information content (AvgIpc) is 2.92. The molecule has 1 amide bonds. The van der Waals surface area contributed by atoms with Crippen molar-refractivity contribution < 1.29 is 4.79 Å². The van der Waals surface area contributed by atoms with Crippen LogP contribution >= 0.6 is 24.8 Å². The van der Waals surface area contributed by atoms with Crippen molar-refractivity contribution in [1.29, 1.82) is 0 Å². The van der Waals surface area contributed by atoms with Gasteiger partial charge in [0.1, 0.15) is 6.04 Å². The summed E-state index contributed by atoms with van der Waals surface area (Å²) in [7, 11) is 0. The van der Waals surface area contributed by atoms with E-state index in [-0.39, 0.29) is 36.8 Å². The van der Waals surface area contributed by atoms with Crippen LogP contribution in [0, 0.1) is 11.8 Å². The largest absolute Gasteiger partial charge is 0.351 e. The van der Waals surface area contributed by atoms with Crippen molar-refractivity contribution in [2.24, 2.45) is 17.6 Å². The smallest absolute Gasteiger partial charge is 0.244 e. The topological polar surface area (TPSA) is 72.9 Å². The number of aromatic nitrogens is 2. The summed E-state index contributed by atoms with van der Waals surface area (Å²) in [6.07, 6.45) is 9.33. The third-order valence-electron chi connectivity index (χ3n) is 4.99. The van der Waals surface area contributed by atoms with Gasteiger partial charge >= 0.3 is 0 Å². The minimum atomic E-state index is -0.249. The highest BCUT2D eigenvalue weighted by atomic mass is 35.5. The molecule has 2 aliphatic carbocycles. The first-order chi connectivity index (χ1) is 9.65. The third kappa shape index (κ3) is 3.94. The van der Waals surface area contributed by atoms with Gasteiger partial charge in [0.15, 0.2) is 0 Å².